The molecule has 132 valence electrons. The molecule has 0 saturated carbocycles. The van der Waals surface area contributed by atoms with E-state index in [0.717, 1.165) is 17.7 Å². The number of rotatable bonds is 4. The van der Waals surface area contributed by atoms with Gasteiger partial charge in [0.1, 0.15) is 11.9 Å². The summed E-state index contributed by atoms with van der Waals surface area (Å²) >= 11 is 5.90. The maximum atomic E-state index is 13.1. The standard InChI is InChI=1S/C18H12ClFN2O3S/c1-11-2-4-12(5-3-11)17-22-16(9-21)18(25-17)26(23,24)10-13-6-7-14(20)8-15(13)19/h2-8H,10H2,1H3. The summed E-state index contributed by atoms with van der Waals surface area (Å²) in [5, 5.41) is 8.68. The topological polar surface area (TPSA) is 84.0 Å². The molecule has 2 aromatic carbocycles. The van der Waals surface area contributed by atoms with Crippen LogP contribution in [0.25, 0.3) is 11.5 Å². The fourth-order valence-corrected chi connectivity index (χ4v) is 4.01. The number of benzene rings is 2. The Hall–Kier alpha value is -2.69. The van der Waals surface area contributed by atoms with Crippen LogP contribution in [0.4, 0.5) is 4.39 Å². The van der Waals surface area contributed by atoms with Crippen molar-refractivity contribution >= 4 is 21.4 Å². The zero-order valence-electron chi connectivity index (χ0n) is 13.5. The maximum Gasteiger partial charge on any atom is 0.257 e. The van der Waals surface area contributed by atoms with E-state index < -0.39 is 26.5 Å². The SMILES string of the molecule is Cc1ccc(-c2nc(C#N)c(S(=O)(=O)Cc3ccc(F)cc3Cl)o2)cc1. The van der Waals surface area contributed by atoms with Gasteiger partial charge in [-0.15, -0.1) is 0 Å². The van der Waals surface area contributed by atoms with E-state index >= 15 is 0 Å². The van der Waals surface area contributed by atoms with Crippen molar-refractivity contribution in [1.82, 2.24) is 4.98 Å². The van der Waals surface area contributed by atoms with Crippen molar-refractivity contribution in [3.05, 3.63) is 70.1 Å². The van der Waals surface area contributed by atoms with Gasteiger partial charge in [-0.3, -0.25) is 0 Å². The Morgan fingerprint density at radius 2 is 1.92 bits per heavy atom. The predicted octanol–water partition coefficient (Wildman–Crippen LogP) is 4.29. The lowest BCUT2D eigenvalue weighted by atomic mass is 10.1. The summed E-state index contributed by atoms with van der Waals surface area (Å²) in [5.41, 5.74) is 1.43. The van der Waals surface area contributed by atoms with Crippen molar-refractivity contribution in [2.24, 2.45) is 0 Å². The van der Waals surface area contributed by atoms with E-state index in [2.05, 4.69) is 4.98 Å². The van der Waals surface area contributed by atoms with Gasteiger partial charge >= 0.3 is 0 Å². The maximum absolute atomic E-state index is 13.1. The molecule has 0 aliphatic rings. The summed E-state index contributed by atoms with van der Waals surface area (Å²) in [6, 6.07) is 12.2. The lowest BCUT2D eigenvalue weighted by Crippen LogP contribution is -2.06. The van der Waals surface area contributed by atoms with Crippen molar-refractivity contribution in [3.63, 3.8) is 0 Å². The summed E-state index contributed by atoms with van der Waals surface area (Å²) < 4.78 is 43.9. The van der Waals surface area contributed by atoms with Crippen LogP contribution in [0.3, 0.4) is 0 Å². The first-order valence-corrected chi connectivity index (χ1v) is 9.48. The number of nitrogens with zero attached hydrogens (tertiary/aromatic N) is 2. The molecule has 0 fully saturated rings. The molecular formula is C18H12ClFN2O3S. The van der Waals surface area contributed by atoms with Gasteiger partial charge in [0, 0.05) is 10.6 Å². The van der Waals surface area contributed by atoms with E-state index in [-0.39, 0.29) is 22.2 Å². The van der Waals surface area contributed by atoms with Crippen LogP contribution < -0.4 is 0 Å². The van der Waals surface area contributed by atoms with Crippen LogP contribution in [0.5, 0.6) is 0 Å². The molecule has 0 radical (unpaired) electrons. The second-order valence-corrected chi connectivity index (χ2v) is 7.92. The number of aromatic nitrogens is 1. The molecule has 3 aromatic rings. The quantitative estimate of drug-likeness (QED) is 0.663. The lowest BCUT2D eigenvalue weighted by Gasteiger charge is -2.04. The Morgan fingerprint density at radius 3 is 2.54 bits per heavy atom. The molecule has 0 spiro atoms. The predicted molar refractivity (Wildman–Crippen MR) is 93.7 cm³/mol. The number of sulfone groups is 1. The third-order valence-electron chi connectivity index (χ3n) is 3.64. The van der Waals surface area contributed by atoms with Crippen molar-refractivity contribution in [2.45, 2.75) is 17.8 Å². The van der Waals surface area contributed by atoms with Crippen molar-refractivity contribution in [1.29, 1.82) is 5.26 Å². The largest absolute Gasteiger partial charge is 0.423 e. The number of hydrogen-bond acceptors (Lipinski definition) is 5. The summed E-state index contributed by atoms with van der Waals surface area (Å²) in [6.45, 7) is 1.91. The molecular weight excluding hydrogens is 379 g/mol. The zero-order valence-corrected chi connectivity index (χ0v) is 15.1. The smallest absolute Gasteiger partial charge is 0.257 e. The van der Waals surface area contributed by atoms with E-state index in [1.165, 1.54) is 6.07 Å². The monoisotopic (exact) mass is 390 g/mol. The molecule has 0 unspecified atom stereocenters. The Bertz CT molecular complexity index is 1120. The van der Waals surface area contributed by atoms with Crippen molar-refractivity contribution in [3.8, 4) is 17.5 Å². The first-order chi connectivity index (χ1) is 12.3. The Balaban J connectivity index is 2.02. The summed E-state index contributed by atoms with van der Waals surface area (Å²) in [5.74, 6) is -1.08. The second-order valence-electron chi connectivity index (χ2n) is 5.63. The van der Waals surface area contributed by atoms with E-state index in [4.69, 9.17) is 16.0 Å². The fourth-order valence-electron chi connectivity index (χ4n) is 2.32. The molecule has 3 rings (SSSR count). The molecule has 0 N–H and O–H groups in total. The van der Waals surface area contributed by atoms with Gasteiger partial charge in [0.15, 0.2) is 5.69 Å². The summed E-state index contributed by atoms with van der Waals surface area (Å²) in [4.78, 5) is 3.97. The van der Waals surface area contributed by atoms with Gasteiger partial charge in [-0.05, 0) is 36.8 Å². The van der Waals surface area contributed by atoms with Gasteiger partial charge in [0.05, 0.1) is 5.75 Å². The first kappa shape index (κ1) is 18.1. The molecule has 0 aliphatic carbocycles. The van der Waals surface area contributed by atoms with Gasteiger partial charge in [-0.1, -0.05) is 35.4 Å². The van der Waals surface area contributed by atoms with Crippen LogP contribution in [0.2, 0.25) is 5.02 Å². The van der Waals surface area contributed by atoms with Gasteiger partial charge in [0.25, 0.3) is 5.09 Å². The van der Waals surface area contributed by atoms with Gasteiger partial charge < -0.3 is 4.42 Å². The molecule has 0 aliphatic heterocycles. The number of halogens is 2. The highest BCUT2D eigenvalue weighted by molar-refractivity contribution is 7.90. The first-order valence-electron chi connectivity index (χ1n) is 7.45. The normalized spacial score (nSPS) is 11.3. The fraction of sp³-hybridized carbons (Fsp3) is 0.111. The van der Waals surface area contributed by atoms with Gasteiger partial charge in [-0.2, -0.15) is 10.2 Å². The van der Waals surface area contributed by atoms with Crippen LogP contribution in [0.15, 0.2) is 52.0 Å². The zero-order chi connectivity index (χ0) is 18.9. The van der Waals surface area contributed by atoms with Crippen molar-refractivity contribution in [2.75, 3.05) is 0 Å². The highest BCUT2D eigenvalue weighted by atomic mass is 35.5. The van der Waals surface area contributed by atoms with E-state index in [1.54, 1.807) is 18.2 Å². The molecule has 0 amide bonds. The molecule has 0 saturated heterocycles. The molecule has 1 aromatic heterocycles. The minimum Gasteiger partial charge on any atom is -0.423 e. The van der Waals surface area contributed by atoms with Gasteiger partial charge in [-0.25, -0.2) is 12.8 Å². The highest BCUT2D eigenvalue weighted by Gasteiger charge is 2.28. The number of aryl methyl sites for hydroxylation is 1. The van der Waals surface area contributed by atoms with Crippen LogP contribution in [0.1, 0.15) is 16.8 Å². The van der Waals surface area contributed by atoms with Gasteiger partial charge in [0.2, 0.25) is 15.7 Å². The molecule has 0 bridgehead atoms. The highest BCUT2D eigenvalue weighted by Crippen LogP contribution is 2.29. The molecule has 1 heterocycles. The van der Waals surface area contributed by atoms with Crippen LogP contribution in [-0.2, 0) is 15.6 Å². The Morgan fingerprint density at radius 1 is 1.23 bits per heavy atom. The minimum atomic E-state index is -4.05. The second kappa shape index (κ2) is 6.90. The lowest BCUT2D eigenvalue weighted by molar-refractivity contribution is 0.457. The molecule has 8 heteroatoms. The third-order valence-corrected chi connectivity index (χ3v) is 5.53. The van der Waals surface area contributed by atoms with E-state index in [1.807, 2.05) is 19.1 Å². The van der Waals surface area contributed by atoms with Crippen LogP contribution in [0, 0.1) is 24.1 Å². The number of nitriles is 1. The molecule has 0 atom stereocenters. The number of oxazole rings is 1. The minimum absolute atomic E-state index is 0.0228. The molecule has 26 heavy (non-hydrogen) atoms. The van der Waals surface area contributed by atoms with Crippen molar-refractivity contribution < 1.29 is 17.2 Å². The third kappa shape index (κ3) is 3.62. The summed E-state index contributed by atoms with van der Waals surface area (Å²) in [6.07, 6.45) is 0. The van der Waals surface area contributed by atoms with E-state index in [9.17, 15) is 18.1 Å². The van der Waals surface area contributed by atoms with Crippen LogP contribution in [-0.4, -0.2) is 13.4 Å². The molecule has 5 nitrogen and oxygen atoms in total. The summed E-state index contributed by atoms with van der Waals surface area (Å²) in [7, 11) is -4.05. The Labute approximate surface area is 154 Å². The van der Waals surface area contributed by atoms with Crippen LogP contribution >= 0.6 is 11.6 Å². The van der Waals surface area contributed by atoms with E-state index in [0.29, 0.717) is 5.56 Å². The number of hydrogen-bond donors (Lipinski definition) is 0. The Kier molecular flexibility index (Phi) is 4.81. The average Bonchev–Trinajstić information content (AvgIpc) is 3.03. The average molecular weight is 391 g/mol.